The summed E-state index contributed by atoms with van der Waals surface area (Å²) in [4.78, 5) is 11.1. The molecule has 0 saturated carbocycles. The molecule has 0 spiro atoms. The Morgan fingerprint density at radius 1 is 1.05 bits per heavy atom. The van der Waals surface area contributed by atoms with Gasteiger partial charge < -0.3 is 0 Å². The molecular formula is C14H12FNO3S. The van der Waals surface area contributed by atoms with Gasteiger partial charge in [-0.05, 0) is 31.2 Å². The molecule has 104 valence electrons. The zero-order chi connectivity index (χ0) is 14.8. The van der Waals surface area contributed by atoms with Crippen molar-refractivity contribution in [3.05, 3.63) is 59.9 Å². The summed E-state index contributed by atoms with van der Waals surface area (Å²) in [5, 5.41) is 0. The molecule has 4 nitrogen and oxygen atoms in total. The topological polar surface area (TPSA) is 63.2 Å². The molecule has 0 radical (unpaired) electrons. The highest BCUT2D eigenvalue weighted by Gasteiger charge is 2.16. The van der Waals surface area contributed by atoms with Crippen LogP contribution in [-0.4, -0.2) is 14.2 Å². The maximum Gasteiger partial charge on any atom is 0.261 e. The lowest BCUT2D eigenvalue weighted by atomic mass is 10.2. The molecule has 0 saturated heterocycles. The number of rotatable bonds is 4. The second kappa shape index (κ2) is 5.42. The predicted molar refractivity (Wildman–Crippen MR) is 73.7 cm³/mol. The monoisotopic (exact) mass is 293 g/mol. The van der Waals surface area contributed by atoms with Gasteiger partial charge in [0.1, 0.15) is 5.82 Å². The number of carbonyl (C=O) groups is 1. The standard InChI is InChI=1S/C14H12FNO3S/c1-10(17)11-6-8-12(9-7-11)20(18,19)16-14-5-3-2-4-13(14)15/h2-9,16H,1H3. The molecule has 0 aliphatic heterocycles. The first-order valence-corrected chi connectivity index (χ1v) is 7.27. The second-order valence-corrected chi connectivity index (χ2v) is 5.85. The largest absolute Gasteiger partial charge is 0.295 e. The summed E-state index contributed by atoms with van der Waals surface area (Å²) in [5.74, 6) is -0.813. The molecule has 0 amide bonds. The van der Waals surface area contributed by atoms with Gasteiger partial charge in [0.15, 0.2) is 5.78 Å². The summed E-state index contributed by atoms with van der Waals surface area (Å²) < 4.78 is 39.7. The minimum atomic E-state index is -3.88. The van der Waals surface area contributed by atoms with Gasteiger partial charge in [0.05, 0.1) is 10.6 Å². The summed E-state index contributed by atoms with van der Waals surface area (Å²) in [6, 6.07) is 10.9. The zero-order valence-electron chi connectivity index (χ0n) is 10.6. The number of sulfonamides is 1. The van der Waals surface area contributed by atoms with Gasteiger partial charge in [-0.3, -0.25) is 9.52 Å². The van der Waals surface area contributed by atoms with Gasteiger partial charge in [-0.15, -0.1) is 0 Å². The number of ketones is 1. The zero-order valence-corrected chi connectivity index (χ0v) is 11.4. The lowest BCUT2D eigenvalue weighted by Gasteiger charge is -2.09. The van der Waals surface area contributed by atoms with Crippen LogP contribution in [0.4, 0.5) is 10.1 Å². The van der Waals surface area contributed by atoms with Gasteiger partial charge in [0.25, 0.3) is 10.0 Å². The van der Waals surface area contributed by atoms with E-state index in [9.17, 15) is 17.6 Å². The van der Waals surface area contributed by atoms with Crippen LogP contribution in [-0.2, 0) is 10.0 Å². The van der Waals surface area contributed by atoms with E-state index in [0.29, 0.717) is 5.56 Å². The Labute approximate surface area is 116 Å². The Morgan fingerprint density at radius 2 is 1.65 bits per heavy atom. The SMILES string of the molecule is CC(=O)c1ccc(S(=O)(=O)Nc2ccccc2F)cc1. The van der Waals surface area contributed by atoms with Crippen LogP contribution in [0, 0.1) is 5.82 Å². The summed E-state index contributed by atoms with van der Waals surface area (Å²) >= 11 is 0. The Hall–Kier alpha value is -2.21. The molecule has 0 unspecified atom stereocenters. The van der Waals surface area contributed by atoms with Crippen molar-refractivity contribution in [1.29, 1.82) is 0 Å². The van der Waals surface area contributed by atoms with Gasteiger partial charge in [-0.25, -0.2) is 12.8 Å². The van der Waals surface area contributed by atoms with Gasteiger partial charge in [0, 0.05) is 5.56 Å². The van der Waals surface area contributed by atoms with Crippen molar-refractivity contribution >= 4 is 21.5 Å². The smallest absolute Gasteiger partial charge is 0.261 e. The van der Waals surface area contributed by atoms with Gasteiger partial charge in [-0.2, -0.15) is 0 Å². The summed E-state index contributed by atoms with van der Waals surface area (Å²) in [6.45, 7) is 1.39. The van der Waals surface area contributed by atoms with Crippen molar-refractivity contribution in [2.45, 2.75) is 11.8 Å². The van der Waals surface area contributed by atoms with Crippen molar-refractivity contribution in [1.82, 2.24) is 0 Å². The van der Waals surface area contributed by atoms with E-state index in [1.165, 1.54) is 49.4 Å². The molecule has 2 rings (SSSR count). The first-order chi connectivity index (χ1) is 9.40. The normalized spacial score (nSPS) is 11.1. The number of hydrogen-bond donors (Lipinski definition) is 1. The molecule has 6 heteroatoms. The van der Waals surface area contributed by atoms with E-state index in [1.54, 1.807) is 0 Å². The van der Waals surface area contributed by atoms with E-state index >= 15 is 0 Å². The molecule has 0 bridgehead atoms. The van der Waals surface area contributed by atoms with Crippen LogP contribution in [0.1, 0.15) is 17.3 Å². The minimum absolute atomic E-state index is 0.0363. The van der Waals surface area contributed by atoms with Crippen LogP contribution in [0.25, 0.3) is 0 Å². The highest BCUT2D eigenvalue weighted by Crippen LogP contribution is 2.19. The molecule has 0 heterocycles. The van der Waals surface area contributed by atoms with E-state index in [1.807, 2.05) is 0 Å². The van der Waals surface area contributed by atoms with Crippen molar-refractivity contribution in [3.8, 4) is 0 Å². The highest BCUT2D eigenvalue weighted by atomic mass is 32.2. The van der Waals surface area contributed by atoms with Crippen molar-refractivity contribution in [3.63, 3.8) is 0 Å². The molecular weight excluding hydrogens is 281 g/mol. The average molecular weight is 293 g/mol. The molecule has 0 fully saturated rings. The Bertz CT molecular complexity index is 739. The van der Waals surface area contributed by atoms with E-state index in [-0.39, 0.29) is 16.4 Å². The van der Waals surface area contributed by atoms with Crippen molar-refractivity contribution < 1.29 is 17.6 Å². The number of carbonyl (C=O) groups excluding carboxylic acids is 1. The molecule has 1 N–H and O–H groups in total. The molecule has 0 aromatic heterocycles. The lowest BCUT2D eigenvalue weighted by molar-refractivity contribution is 0.101. The van der Waals surface area contributed by atoms with Crippen LogP contribution in [0.15, 0.2) is 53.4 Å². The van der Waals surface area contributed by atoms with Gasteiger partial charge >= 0.3 is 0 Å². The second-order valence-electron chi connectivity index (χ2n) is 4.17. The average Bonchev–Trinajstić information content (AvgIpc) is 2.41. The van der Waals surface area contributed by atoms with E-state index < -0.39 is 15.8 Å². The molecule has 0 atom stereocenters. The third kappa shape index (κ3) is 3.03. The number of hydrogen-bond acceptors (Lipinski definition) is 3. The predicted octanol–water partition coefficient (Wildman–Crippen LogP) is 2.83. The summed E-state index contributed by atoms with van der Waals surface area (Å²) in [6.07, 6.45) is 0. The van der Waals surface area contributed by atoms with Crippen LogP contribution < -0.4 is 4.72 Å². The fraction of sp³-hybridized carbons (Fsp3) is 0.0714. The van der Waals surface area contributed by atoms with E-state index in [2.05, 4.69) is 4.72 Å². The van der Waals surface area contributed by atoms with Crippen LogP contribution in [0.5, 0.6) is 0 Å². The number of benzene rings is 2. The number of para-hydroxylation sites is 1. The maximum absolute atomic E-state index is 13.4. The molecule has 2 aromatic rings. The van der Waals surface area contributed by atoms with E-state index in [0.717, 1.165) is 6.07 Å². The first-order valence-electron chi connectivity index (χ1n) is 5.78. The number of nitrogens with one attached hydrogen (secondary N) is 1. The Balaban J connectivity index is 2.31. The number of halogens is 1. The minimum Gasteiger partial charge on any atom is -0.295 e. The van der Waals surface area contributed by atoms with Gasteiger partial charge in [0.2, 0.25) is 0 Å². The molecule has 0 aliphatic rings. The maximum atomic E-state index is 13.4. The quantitative estimate of drug-likeness (QED) is 0.882. The van der Waals surface area contributed by atoms with Gasteiger partial charge in [-0.1, -0.05) is 24.3 Å². The van der Waals surface area contributed by atoms with Crippen LogP contribution in [0.3, 0.4) is 0 Å². The summed E-state index contributed by atoms with van der Waals surface area (Å²) in [5.41, 5.74) is 0.290. The fourth-order valence-electron chi connectivity index (χ4n) is 1.62. The first kappa shape index (κ1) is 14.2. The van der Waals surface area contributed by atoms with Crippen LogP contribution >= 0.6 is 0 Å². The third-order valence-electron chi connectivity index (χ3n) is 2.69. The molecule has 0 aliphatic carbocycles. The number of anilines is 1. The van der Waals surface area contributed by atoms with E-state index in [4.69, 9.17) is 0 Å². The van der Waals surface area contributed by atoms with Crippen LogP contribution in [0.2, 0.25) is 0 Å². The third-order valence-corrected chi connectivity index (χ3v) is 4.07. The molecule has 20 heavy (non-hydrogen) atoms. The van der Waals surface area contributed by atoms with Crippen molar-refractivity contribution in [2.75, 3.05) is 4.72 Å². The lowest BCUT2D eigenvalue weighted by Crippen LogP contribution is -2.14. The highest BCUT2D eigenvalue weighted by molar-refractivity contribution is 7.92. The molecule has 2 aromatic carbocycles. The number of Topliss-reactive ketones (excluding diaryl/α,β-unsaturated/α-hetero) is 1. The fourth-order valence-corrected chi connectivity index (χ4v) is 2.68. The van der Waals surface area contributed by atoms with Crippen molar-refractivity contribution in [2.24, 2.45) is 0 Å². The summed E-state index contributed by atoms with van der Waals surface area (Å²) in [7, 11) is -3.88. The Kier molecular flexibility index (Phi) is 3.85. The Morgan fingerprint density at radius 3 is 2.20 bits per heavy atom.